The van der Waals surface area contributed by atoms with Gasteiger partial charge in [-0.2, -0.15) is 26.3 Å². The molecule has 2 aliphatic rings. The molecule has 1 amide bonds. The van der Waals surface area contributed by atoms with Gasteiger partial charge in [0.05, 0.1) is 23.1 Å². The fourth-order valence-electron chi connectivity index (χ4n) is 5.61. The van der Waals surface area contributed by atoms with Gasteiger partial charge >= 0.3 is 12.4 Å². The Morgan fingerprint density at radius 1 is 1.11 bits per heavy atom. The molecule has 1 saturated heterocycles. The maximum absolute atomic E-state index is 13.4. The van der Waals surface area contributed by atoms with Gasteiger partial charge in [0.25, 0.3) is 0 Å². The van der Waals surface area contributed by atoms with Crippen molar-refractivity contribution in [3.63, 3.8) is 0 Å². The highest BCUT2D eigenvalue weighted by atomic mass is 19.4. The number of carbonyl (C=O) groups excluding carboxylic acids is 1. The molecule has 198 valence electrons. The SMILES string of the molecule is CC1COCCC1N(C)[C@@H]1CC[C@@](C(=O)NCc2cc(C(F)(F)F)cc(C(F)(F)F)c2)(C(C)C)C1. The van der Waals surface area contributed by atoms with Crippen LogP contribution >= 0.6 is 0 Å². The van der Waals surface area contributed by atoms with E-state index < -0.39 is 35.4 Å². The van der Waals surface area contributed by atoms with Crippen molar-refractivity contribution in [2.45, 2.75) is 77.4 Å². The van der Waals surface area contributed by atoms with Crippen LogP contribution in [0.4, 0.5) is 26.3 Å². The molecule has 0 radical (unpaired) electrons. The molecule has 0 spiro atoms. The molecule has 1 N–H and O–H groups in total. The van der Waals surface area contributed by atoms with Crippen molar-refractivity contribution in [2.75, 3.05) is 20.3 Å². The van der Waals surface area contributed by atoms with Gasteiger partial charge in [-0.1, -0.05) is 20.8 Å². The quantitative estimate of drug-likeness (QED) is 0.487. The number of hydrogen-bond donors (Lipinski definition) is 1. The number of nitrogens with zero attached hydrogens (tertiary/aromatic N) is 1. The van der Waals surface area contributed by atoms with E-state index >= 15 is 0 Å². The Hall–Kier alpha value is -1.81. The summed E-state index contributed by atoms with van der Waals surface area (Å²) in [6.07, 6.45) is -6.94. The summed E-state index contributed by atoms with van der Waals surface area (Å²) in [5.41, 5.74) is -3.74. The van der Waals surface area contributed by atoms with Crippen LogP contribution in [0.2, 0.25) is 0 Å². The fraction of sp³-hybridized carbons (Fsp3) is 0.720. The number of carbonyl (C=O) groups is 1. The van der Waals surface area contributed by atoms with Crippen LogP contribution in [-0.2, 0) is 28.4 Å². The zero-order chi connectivity index (χ0) is 26.2. The van der Waals surface area contributed by atoms with Gasteiger partial charge in [-0.15, -0.1) is 0 Å². The summed E-state index contributed by atoms with van der Waals surface area (Å²) < 4.78 is 84.6. The average molecular weight is 509 g/mol. The summed E-state index contributed by atoms with van der Waals surface area (Å²) in [5, 5.41) is 2.66. The summed E-state index contributed by atoms with van der Waals surface area (Å²) in [6, 6.07) is 1.92. The van der Waals surface area contributed by atoms with Crippen molar-refractivity contribution in [1.82, 2.24) is 10.2 Å². The number of nitrogens with one attached hydrogen (secondary N) is 1. The molecule has 10 heteroatoms. The van der Waals surface area contributed by atoms with Crippen LogP contribution in [0.3, 0.4) is 0 Å². The van der Waals surface area contributed by atoms with Gasteiger partial charge in [0.1, 0.15) is 0 Å². The van der Waals surface area contributed by atoms with Crippen molar-refractivity contribution in [2.24, 2.45) is 17.3 Å². The summed E-state index contributed by atoms with van der Waals surface area (Å²) in [6.45, 7) is 6.99. The first-order valence-electron chi connectivity index (χ1n) is 12.0. The monoisotopic (exact) mass is 508 g/mol. The van der Waals surface area contributed by atoms with Crippen LogP contribution in [0, 0.1) is 17.3 Å². The second-order valence-electron chi connectivity index (χ2n) is 10.4. The van der Waals surface area contributed by atoms with Crippen molar-refractivity contribution < 1.29 is 35.9 Å². The second kappa shape index (κ2) is 10.3. The lowest BCUT2D eigenvalue weighted by Gasteiger charge is -2.40. The van der Waals surface area contributed by atoms with E-state index in [2.05, 4.69) is 24.2 Å². The minimum absolute atomic E-state index is 0.0414. The molecule has 4 nitrogen and oxygen atoms in total. The molecule has 3 rings (SSSR count). The van der Waals surface area contributed by atoms with Gasteiger partial charge in [-0.05, 0) is 68.3 Å². The minimum atomic E-state index is -4.93. The number of benzene rings is 1. The van der Waals surface area contributed by atoms with E-state index in [0.29, 0.717) is 50.1 Å². The highest BCUT2D eigenvalue weighted by molar-refractivity contribution is 5.83. The summed E-state index contributed by atoms with van der Waals surface area (Å²) in [4.78, 5) is 15.7. The standard InChI is InChI=1S/C25H34F6N2O2/c1-15(2)23(7-5-20(12-23)33(4)21-6-8-35-14-16(21)3)22(34)32-13-17-9-18(24(26,27)28)11-19(10-17)25(29,30)31/h9-11,15-16,20-21H,5-8,12-14H2,1-4H3,(H,32,34)/t16?,20-,21?,23+/m1/s1. The van der Waals surface area contributed by atoms with E-state index in [1.54, 1.807) is 0 Å². The van der Waals surface area contributed by atoms with E-state index in [-0.39, 0.29) is 29.5 Å². The van der Waals surface area contributed by atoms with E-state index in [9.17, 15) is 31.1 Å². The molecule has 1 aliphatic heterocycles. The highest BCUT2D eigenvalue weighted by Gasteiger charge is 2.49. The van der Waals surface area contributed by atoms with E-state index in [4.69, 9.17) is 4.74 Å². The van der Waals surface area contributed by atoms with Crippen molar-refractivity contribution in [3.05, 3.63) is 34.9 Å². The Morgan fingerprint density at radius 3 is 2.23 bits per heavy atom. The molecule has 1 heterocycles. The third-order valence-electron chi connectivity index (χ3n) is 7.88. The minimum Gasteiger partial charge on any atom is -0.381 e. The predicted octanol–water partition coefficient (Wildman–Crippen LogP) is 5.89. The van der Waals surface area contributed by atoms with Crippen molar-refractivity contribution >= 4 is 5.91 Å². The van der Waals surface area contributed by atoms with Crippen LogP contribution in [0.25, 0.3) is 0 Å². The van der Waals surface area contributed by atoms with E-state index in [1.165, 1.54) is 0 Å². The molecule has 1 aliphatic carbocycles. The Morgan fingerprint density at radius 2 is 1.71 bits per heavy atom. The largest absolute Gasteiger partial charge is 0.416 e. The molecule has 2 unspecified atom stereocenters. The number of hydrogen-bond acceptors (Lipinski definition) is 3. The maximum atomic E-state index is 13.4. The number of amides is 1. The topological polar surface area (TPSA) is 41.6 Å². The number of ether oxygens (including phenoxy) is 1. The number of halogens is 6. The van der Waals surface area contributed by atoms with Gasteiger partial charge in [-0.3, -0.25) is 9.69 Å². The molecule has 1 aromatic carbocycles. The maximum Gasteiger partial charge on any atom is 0.416 e. The van der Waals surface area contributed by atoms with Crippen LogP contribution in [0.1, 0.15) is 63.1 Å². The van der Waals surface area contributed by atoms with E-state index in [1.807, 2.05) is 13.8 Å². The van der Waals surface area contributed by atoms with Crippen molar-refractivity contribution in [3.8, 4) is 0 Å². The smallest absolute Gasteiger partial charge is 0.381 e. The lowest BCUT2D eigenvalue weighted by atomic mass is 9.74. The van der Waals surface area contributed by atoms with Crippen LogP contribution < -0.4 is 5.32 Å². The second-order valence-corrected chi connectivity index (χ2v) is 10.4. The third kappa shape index (κ3) is 6.13. The molecule has 35 heavy (non-hydrogen) atoms. The zero-order valence-electron chi connectivity index (χ0n) is 20.5. The summed E-state index contributed by atoms with van der Waals surface area (Å²) in [5.74, 6) is -0.00461. The highest BCUT2D eigenvalue weighted by Crippen LogP contribution is 2.47. The Balaban J connectivity index is 1.75. The lowest BCUT2D eigenvalue weighted by Crippen LogP contribution is -2.48. The summed E-state index contributed by atoms with van der Waals surface area (Å²) >= 11 is 0. The van der Waals surface area contributed by atoms with Crippen LogP contribution in [0.15, 0.2) is 18.2 Å². The van der Waals surface area contributed by atoms with Gasteiger partial charge in [0, 0.05) is 25.2 Å². The van der Waals surface area contributed by atoms with Crippen LogP contribution in [0.5, 0.6) is 0 Å². The van der Waals surface area contributed by atoms with Gasteiger partial charge in [-0.25, -0.2) is 0 Å². The molecular weight excluding hydrogens is 474 g/mol. The number of rotatable bonds is 6. The van der Waals surface area contributed by atoms with Crippen molar-refractivity contribution in [1.29, 1.82) is 0 Å². The predicted molar refractivity (Wildman–Crippen MR) is 119 cm³/mol. The Labute approximate surface area is 202 Å². The lowest BCUT2D eigenvalue weighted by molar-refractivity contribution is -0.143. The molecule has 0 bridgehead atoms. The van der Waals surface area contributed by atoms with Gasteiger partial charge in [0.2, 0.25) is 5.91 Å². The summed E-state index contributed by atoms with van der Waals surface area (Å²) in [7, 11) is 2.06. The first kappa shape index (κ1) is 27.8. The van der Waals surface area contributed by atoms with Gasteiger partial charge in [0.15, 0.2) is 0 Å². The number of alkyl halides is 6. The Bertz CT molecular complexity index is 869. The van der Waals surface area contributed by atoms with E-state index in [0.717, 1.165) is 12.8 Å². The molecular formula is C25H34F6N2O2. The molecule has 2 fully saturated rings. The normalized spacial score (nSPS) is 28.1. The van der Waals surface area contributed by atoms with Gasteiger partial charge < -0.3 is 10.1 Å². The molecule has 4 atom stereocenters. The third-order valence-corrected chi connectivity index (χ3v) is 7.88. The Kier molecular flexibility index (Phi) is 8.16. The fourth-order valence-corrected chi connectivity index (χ4v) is 5.61. The molecule has 1 saturated carbocycles. The average Bonchev–Trinajstić information content (AvgIpc) is 3.23. The zero-order valence-corrected chi connectivity index (χ0v) is 20.5. The van der Waals surface area contributed by atoms with Crippen LogP contribution in [-0.4, -0.2) is 43.2 Å². The molecule has 1 aromatic rings. The molecule has 0 aromatic heterocycles. The first-order chi connectivity index (χ1) is 16.1. The first-order valence-corrected chi connectivity index (χ1v) is 12.0.